The second kappa shape index (κ2) is 4.91. The van der Waals surface area contributed by atoms with Gasteiger partial charge in [-0.25, -0.2) is 0 Å². The van der Waals surface area contributed by atoms with E-state index in [4.69, 9.17) is 11.1 Å². The van der Waals surface area contributed by atoms with Gasteiger partial charge < -0.3 is 5.73 Å². The highest BCUT2D eigenvalue weighted by molar-refractivity contribution is 8.00. The fraction of sp³-hybridized carbons (Fsp3) is 0.462. The zero-order valence-corrected chi connectivity index (χ0v) is 11.2. The van der Waals surface area contributed by atoms with Crippen LogP contribution in [0, 0.1) is 5.41 Å². The Labute approximate surface area is 102 Å². The first-order chi connectivity index (χ1) is 7.30. The van der Waals surface area contributed by atoms with Gasteiger partial charge in [0.05, 0.1) is 5.25 Å². The molecule has 1 unspecified atom stereocenters. The summed E-state index contributed by atoms with van der Waals surface area (Å²) in [6.45, 7) is 8.55. The summed E-state index contributed by atoms with van der Waals surface area (Å²) in [5.41, 5.74) is 6.96. The summed E-state index contributed by atoms with van der Waals surface area (Å²) < 4.78 is 0. The van der Waals surface area contributed by atoms with E-state index < -0.39 is 0 Å². The second-order valence-corrected chi connectivity index (χ2v) is 6.40. The predicted octanol–water partition coefficient (Wildman–Crippen LogP) is 3.40. The van der Waals surface area contributed by atoms with Crippen LogP contribution in [0.15, 0.2) is 29.2 Å². The number of amidine groups is 1. The summed E-state index contributed by atoms with van der Waals surface area (Å²) in [6.07, 6.45) is 0. The predicted molar refractivity (Wildman–Crippen MR) is 72.4 cm³/mol. The van der Waals surface area contributed by atoms with Gasteiger partial charge in [0.25, 0.3) is 0 Å². The molecule has 16 heavy (non-hydrogen) atoms. The SMILES string of the molecule is CC(Sc1ccc(C(C)(C)C)cc1)C(=N)N. The van der Waals surface area contributed by atoms with Crippen LogP contribution in [-0.2, 0) is 5.41 Å². The molecule has 3 N–H and O–H groups in total. The van der Waals surface area contributed by atoms with E-state index in [2.05, 4.69) is 45.0 Å². The summed E-state index contributed by atoms with van der Waals surface area (Å²) in [4.78, 5) is 1.16. The number of nitrogens with two attached hydrogens (primary N) is 1. The molecule has 0 saturated heterocycles. The molecule has 2 nitrogen and oxygen atoms in total. The van der Waals surface area contributed by atoms with Crippen LogP contribution in [0.4, 0.5) is 0 Å². The van der Waals surface area contributed by atoms with E-state index in [1.54, 1.807) is 11.8 Å². The highest BCUT2D eigenvalue weighted by Gasteiger charge is 2.13. The molecule has 0 aliphatic heterocycles. The molecule has 0 aromatic heterocycles. The van der Waals surface area contributed by atoms with E-state index in [1.165, 1.54) is 5.56 Å². The number of thioether (sulfide) groups is 1. The summed E-state index contributed by atoms with van der Waals surface area (Å²) >= 11 is 1.62. The Balaban J connectivity index is 2.76. The van der Waals surface area contributed by atoms with Gasteiger partial charge in [-0.15, -0.1) is 11.8 Å². The largest absolute Gasteiger partial charge is 0.387 e. The Morgan fingerprint density at radius 2 is 1.75 bits per heavy atom. The Kier molecular flexibility index (Phi) is 4.03. The minimum atomic E-state index is 0.0421. The zero-order valence-electron chi connectivity index (χ0n) is 10.4. The van der Waals surface area contributed by atoms with Gasteiger partial charge in [0.1, 0.15) is 5.84 Å². The van der Waals surface area contributed by atoms with Crippen molar-refractivity contribution in [1.29, 1.82) is 5.41 Å². The molecular formula is C13H20N2S. The van der Waals surface area contributed by atoms with Crippen molar-refractivity contribution in [2.24, 2.45) is 5.73 Å². The Morgan fingerprint density at radius 1 is 1.25 bits per heavy atom. The molecule has 1 aromatic rings. The van der Waals surface area contributed by atoms with Gasteiger partial charge in [-0.3, -0.25) is 5.41 Å². The first kappa shape index (κ1) is 13.1. The Hall–Kier alpha value is -0.960. The molecule has 3 heteroatoms. The van der Waals surface area contributed by atoms with E-state index in [0.717, 1.165) is 4.90 Å². The van der Waals surface area contributed by atoms with Crippen molar-refractivity contribution >= 4 is 17.6 Å². The first-order valence-electron chi connectivity index (χ1n) is 5.42. The van der Waals surface area contributed by atoms with E-state index in [-0.39, 0.29) is 16.5 Å². The topological polar surface area (TPSA) is 49.9 Å². The van der Waals surface area contributed by atoms with Gasteiger partial charge >= 0.3 is 0 Å². The molecular weight excluding hydrogens is 216 g/mol. The van der Waals surface area contributed by atoms with Crippen LogP contribution in [0.2, 0.25) is 0 Å². The quantitative estimate of drug-likeness (QED) is 0.480. The minimum Gasteiger partial charge on any atom is -0.387 e. The monoisotopic (exact) mass is 236 g/mol. The number of benzene rings is 1. The third kappa shape index (κ3) is 3.56. The van der Waals surface area contributed by atoms with Crippen LogP contribution < -0.4 is 5.73 Å². The van der Waals surface area contributed by atoms with Gasteiger partial charge in [0, 0.05) is 4.90 Å². The fourth-order valence-electron chi connectivity index (χ4n) is 1.30. The lowest BCUT2D eigenvalue weighted by molar-refractivity contribution is 0.590. The molecule has 0 spiro atoms. The molecule has 1 atom stereocenters. The fourth-order valence-corrected chi connectivity index (χ4v) is 2.13. The van der Waals surface area contributed by atoms with Crippen LogP contribution in [-0.4, -0.2) is 11.1 Å². The van der Waals surface area contributed by atoms with Gasteiger partial charge in [-0.05, 0) is 30.0 Å². The number of hydrogen-bond acceptors (Lipinski definition) is 2. The smallest absolute Gasteiger partial charge is 0.104 e. The van der Waals surface area contributed by atoms with Gasteiger partial charge in [-0.2, -0.15) is 0 Å². The average Bonchev–Trinajstić information content (AvgIpc) is 2.17. The number of rotatable bonds is 3. The standard InChI is InChI=1S/C13H20N2S/c1-9(12(14)15)16-11-7-5-10(6-8-11)13(2,3)4/h5-9H,1-4H3,(H3,14,15). The Bertz CT molecular complexity index is 363. The van der Waals surface area contributed by atoms with Crippen molar-refractivity contribution in [3.8, 4) is 0 Å². The molecule has 0 bridgehead atoms. The maximum Gasteiger partial charge on any atom is 0.104 e. The Morgan fingerprint density at radius 3 is 2.12 bits per heavy atom. The van der Waals surface area contributed by atoms with Crippen molar-refractivity contribution in [2.45, 2.75) is 43.3 Å². The molecule has 0 fully saturated rings. The molecule has 0 saturated carbocycles. The number of nitrogens with one attached hydrogen (secondary N) is 1. The third-order valence-electron chi connectivity index (χ3n) is 2.47. The van der Waals surface area contributed by atoms with E-state index in [0.29, 0.717) is 0 Å². The second-order valence-electron chi connectivity index (χ2n) is 4.99. The van der Waals surface area contributed by atoms with Crippen molar-refractivity contribution in [1.82, 2.24) is 0 Å². The molecule has 88 valence electrons. The van der Waals surface area contributed by atoms with E-state index >= 15 is 0 Å². The van der Waals surface area contributed by atoms with Gasteiger partial charge in [0.2, 0.25) is 0 Å². The summed E-state index contributed by atoms with van der Waals surface area (Å²) in [6, 6.07) is 8.50. The summed E-state index contributed by atoms with van der Waals surface area (Å²) in [5.74, 6) is 0.227. The molecule has 1 aromatic carbocycles. The average molecular weight is 236 g/mol. The third-order valence-corrected chi connectivity index (χ3v) is 3.62. The lowest BCUT2D eigenvalue weighted by Crippen LogP contribution is -2.21. The van der Waals surface area contributed by atoms with Crippen LogP contribution in [0.25, 0.3) is 0 Å². The van der Waals surface area contributed by atoms with Crippen LogP contribution in [0.5, 0.6) is 0 Å². The lowest BCUT2D eigenvalue weighted by atomic mass is 9.87. The van der Waals surface area contributed by atoms with Crippen LogP contribution >= 0.6 is 11.8 Å². The molecule has 0 aliphatic rings. The van der Waals surface area contributed by atoms with Crippen LogP contribution in [0.3, 0.4) is 0 Å². The normalized spacial score (nSPS) is 13.5. The highest BCUT2D eigenvalue weighted by Crippen LogP contribution is 2.27. The highest BCUT2D eigenvalue weighted by atomic mass is 32.2. The van der Waals surface area contributed by atoms with Gasteiger partial charge in [-0.1, -0.05) is 32.9 Å². The van der Waals surface area contributed by atoms with Crippen molar-refractivity contribution in [2.75, 3.05) is 0 Å². The molecule has 0 amide bonds. The van der Waals surface area contributed by atoms with Crippen LogP contribution in [0.1, 0.15) is 33.3 Å². The van der Waals surface area contributed by atoms with Gasteiger partial charge in [0.15, 0.2) is 0 Å². The maximum atomic E-state index is 7.35. The molecule has 1 rings (SSSR count). The minimum absolute atomic E-state index is 0.0421. The van der Waals surface area contributed by atoms with Crippen molar-refractivity contribution in [3.63, 3.8) is 0 Å². The maximum absolute atomic E-state index is 7.35. The van der Waals surface area contributed by atoms with E-state index in [9.17, 15) is 0 Å². The molecule has 0 radical (unpaired) electrons. The molecule has 0 aliphatic carbocycles. The summed E-state index contributed by atoms with van der Waals surface area (Å²) in [5, 5.41) is 7.39. The van der Waals surface area contributed by atoms with E-state index in [1.807, 2.05) is 6.92 Å². The zero-order chi connectivity index (χ0) is 12.3. The lowest BCUT2D eigenvalue weighted by Gasteiger charge is -2.19. The first-order valence-corrected chi connectivity index (χ1v) is 6.30. The summed E-state index contributed by atoms with van der Waals surface area (Å²) in [7, 11) is 0. The van der Waals surface area contributed by atoms with Crippen molar-refractivity contribution in [3.05, 3.63) is 29.8 Å². The molecule has 0 heterocycles. The number of hydrogen-bond donors (Lipinski definition) is 2. The van der Waals surface area contributed by atoms with Crippen molar-refractivity contribution < 1.29 is 0 Å².